The minimum absolute atomic E-state index is 0.0770. The van der Waals surface area contributed by atoms with Crippen molar-refractivity contribution in [1.29, 1.82) is 0 Å². The van der Waals surface area contributed by atoms with Crippen molar-refractivity contribution in [3.05, 3.63) is 52.8 Å². The van der Waals surface area contributed by atoms with Gasteiger partial charge in [0.05, 0.1) is 11.3 Å². The number of amides is 2. The molecule has 0 radical (unpaired) electrons. The van der Waals surface area contributed by atoms with Gasteiger partial charge in [-0.1, -0.05) is 6.07 Å². The van der Waals surface area contributed by atoms with Crippen LogP contribution in [0.5, 0.6) is 0 Å². The van der Waals surface area contributed by atoms with Gasteiger partial charge in [-0.05, 0) is 56.6 Å². The van der Waals surface area contributed by atoms with Crippen LogP contribution in [-0.2, 0) is 0 Å². The summed E-state index contributed by atoms with van der Waals surface area (Å²) < 4.78 is 14.6. The Labute approximate surface area is 181 Å². The number of nitrogens with two attached hydrogens (primary N) is 1. The monoisotopic (exact) mass is 425 g/mol. The topological polar surface area (TPSA) is 90.7 Å². The quantitative estimate of drug-likeness (QED) is 0.641. The molecule has 2 aromatic carbocycles. The zero-order valence-electron chi connectivity index (χ0n) is 17.9. The number of hydrogen-bond acceptors (Lipinski definition) is 5. The molecule has 4 rings (SSSR count). The average Bonchev–Trinajstić information content (AvgIpc) is 3.54. The Hall–Kier alpha value is -3.13. The summed E-state index contributed by atoms with van der Waals surface area (Å²) in [6.45, 7) is 4.84. The van der Waals surface area contributed by atoms with Gasteiger partial charge in [-0.2, -0.15) is 0 Å². The zero-order chi connectivity index (χ0) is 22.1. The number of aryl methyl sites for hydroxylation is 1. The first-order valence-corrected chi connectivity index (χ1v) is 10.6. The molecule has 1 saturated heterocycles. The molecule has 2 fully saturated rings. The molecular formula is C23H28FN5O2. The number of carbonyl (C=O) groups excluding carboxylic acids is 2. The van der Waals surface area contributed by atoms with Crippen LogP contribution >= 0.6 is 0 Å². The third-order valence-electron chi connectivity index (χ3n) is 5.87. The number of rotatable bonds is 5. The van der Waals surface area contributed by atoms with Crippen LogP contribution in [0.1, 0.15) is 39.1 Å². The summed E-state index contributed by atoms with van der Waals surface area (Å²) in [7, 11) is 2.02. The molecule has 8 heteroatoms. The molecular weight excluding hydrogens is 397 g/mol. The second kappa shape index (κ2) is 8.55. The van der Waals surface area contributed by atoms with Gasteiger partial charge >= 0.3 is 0 Å². The molecule has 2 aromatic rings. The number of nitrogens with one attached hydrogen (secondary N) is 2. The summed E-state index contributed by atoms with van der Waals surface area (Å²) in [5.74, 6) is -1.03. The molecule has 4 N–H and O–H groups in total. The maximum absolute atomic E-state index is 14.6. The highest BCUT2D eigenvalue weighted by Gasteiger charge is 2.25. The predicted octanol–water partition coefficient (Wildman–Crippen LogP) is 2.61. The van der Waals surface area contributed by atoms with Crippen LogP contribution in [0, 0.1) is 12.7 Å². The first-order valence-electron chi connectivity index (χ1n) is 10.6. The molecule has 0 spiro atoms. The summed E-state index contributed by atoms with van der Waals surface area (Å²) >= 11 is 0. The lowest BCUT2D eigenvalue weighted by atomic mass is 10.1. The first-order chi connectivity index (χ1) is 14.8. The van der Waals surface area contributed by atoms with Crippen LogP contribution in [0.15, 0.2) is 30.3 Å². The SMILES string of the molecule is Cc1ccc(C(=O)NC2CC2)cc1NC(=O)c1cc(N2CCN(C)CC2)c(F)cc1N. The fourth-order valence-electron chi connectivity index (χ4n) is 3.65. The van der Waals surface area contributed by atoms with E-state index in [1.165, 1.54) is 12.1 Å². The molecule has 164 valence electrons. The van der Waals surface area contributed by atoms with E-state index in [0.717, 1.165) is 31.5 Å². The van der Waals surface area contributed by atoms with E-state index >= 15 is 0 Å². The lowest BCUT2D eigenvalue weighted by molar-refractivity contribution is 0.0949. The van der Waals surface area contributed by atoms with Crippen LogP contribution in [0.3, 0.4) is 0 Å². The number of halogens is 1. The molecule has 2 aliphatic rings. The van der Waals surface area contributed by atoms with Crippen molar-refractivity contribution in [1.82, 2.24) is 10.2 Å². The van der Waals surface area contributed by atoms with Crippen molar-refractivity contribution in [3.63, 3.8) is 0 Å². The number of nitrogen functional groups attached to an aromatic ring is 1. The number of likely N-dealkylation sites (N-methyl/N-ethyl adjacent to an activating group) is 1. The molecule has 1 aliphatic carbocycles. The van der Waals surface area contributed by atoms with Gasteiger partial charge in [0.25, 0.3) is 11.8 Å². The average molecular weight is 426 g/mol. The van der Waals surface area contributed by atoms with Gasteiger partial charge in [0.2, 0.25) is 0 Å². The van der Waals surface area contributed by atoms with E-state index in [-0.39, 0.29) is 23.2 Å². The molecule has 0 atom stereocenters. The van der Waals surface area contributed by atoms with Gasteiger partial charge < -0.3 is 26.2 Å². The molecule has 31 heavy (non-hydrogen) atoms. The second-order valence-corrected chi connectivity index (χ2v) is 8.41. The number of nitrogens with zero attached hydrogens (tertiary/aromatic N) is 2. The number of hydrogen-bond donors (Lipinski definition) is 3. The number of piperazine rings is 1. The third kappa shape index (κ3) is 4.80. The summed E-state index contributed by atoms with van der Waals surface area (Å²) in [5, 5.41) is 5.78. The number of carbonyl (C=O) groups is 2. The first kappa shape index (κ1) is 21.1. The lowest BCUT2D eigenvalue weighted by Gasteiger charge is -2.34. The van der Waals surface area contributed by atoms with Crippen LogP contribution in [-0.4, -0.2) is 56.0 Å². The van der Waals surface area contributed by atoms with E-state index in [9.17, 15) is 14.0 Å². The molecule has 0 unspecified atom stereocenters. The Balaban J connectivity index is 1.55. The van der Waals surface area contributed by atoms with Gasteiger partial charge in [-0.25, -0.2) is 4.39 Å². The van der Waals surface area contributed by atoms with E-state index in [1.807, 2.05) is 18.9 Å². The lowest BCUT2D eigenvalue weighted by Crippen LogP contribution is -2.44. The molecule has 1 saturated carbocycles. The molecule has 1 aliphatic heterocycles. The van der Waals surface area contributed by atoms with E-state index in [2.05, 4.69) is 15.5 Å². The summed E-state index contributed by atoms with van der Waals surface area (Å²) in [6.07, 6.45) is 2.00. The molecule has 0 aromatic heterocycles. The smallest absolute Gasteiger partial charge is 0.257 e. The minimum atomic E-state index is -0.437. The van der Waals surface area contributed by atoms with E-state index in [4.69, 9.17) is 5.73 Å². The van der Waals surface area contributed by atoms with E-state index in [0.29, 0.717) is 30.0 Å². The van der Waals surface area contributed by atoms with Gasteiger partial charge in [0.15, 0.2) is 0 Å². The second-order valence-electron chi connectivity index (χ2n) is 8.41. The van der Waals surface area contributed by atoms with E-state index < -0.39 is 11.7 Å². The van der Waals surface area contributed by atoms with Crippen molar-refractivity contribution in [2.75, 3.05) is 49.2 Å². The summed E-state index contributed by atoms with van der Waals surface area (Å²) in [5.41, 5.74) is 8.47. The Kier molecular flexibility index (Phi) is 5.82. The maximum atomic E-state index is 14.6. The fourth-order valence-corrected chi connectivity index (χ4v) is 3.65. The highest BCUT2D eigenvalue weighted by Crippen LogP contribution is 2.28. The maximum Gasteiger partial charge on any atom is 0.257 e. The predicted molar refractivity (Wildman–Crippen MR) is 120 cm³/mol. The van der Waals surface area contributed by atoms with Crippen molar-refractivity contribution in [2.45, 2.75) is 25.8 Å². The summed E-state index contributed by atoms with van der Waals surface area (Å²) in [4.78, 5) is 29.5. The normalized spacial score (nSPS) is 16.8. The van der Waals surface area contributed by atoms with Gasteiger partial charge in [-0.3, -0.25) is 9.59 Å². The standard InChI is InChI=1S/C23H28FN5O2/c1-14-3-4-15(22(30)26-16-5-6-16)11-20(14)27-23(31)17-12-21(18(24)13-19(17)25)29-9-7-28(2)8-10-29/h3-4,11-13,16H,5-10,25H2,1-2H3,(H,26,30)(H,27,31). The van der Waals surface area contributed by atoms with Crippen molar-refractivity contribution >= 4 is 28.9 Å². The van der Waals surface area contributed by atoms with Crippen LogP contribution in [0.25, 0.3) is 0 Å². The Morgan fingerprint density at radius 2 is 1.77 bits per heavy atom. The van der Waals surface area contributed by atoms with Crippen LogP contribution in [0.4, 0.5) is 21.5 Å². The van der Waals surface area contributed by atoms with Gasteiger partial charge in [0, 0.05) is 49.2 Å². The highest BCUT2D eigenvalue weighted by atomic mass is 19.1. The minimum Gasteiger partial charge on any atom is -0.398 e. The molecule has 7 nitrogen and oxygen atoms in total. The molecule has 2 amide bonds. The Bertz CT molecular complexity index is 1010. The van der Waals surface area contributed by atoms with Gasteiger partial charge in [-0.15, -0.1) is 0 Å². The fraction of sp³-hybridized carbons (Fsp3) is 0.391. The largest absolute Gasteiger partial charge is 0.398 e. The third-order valence-corrected chi connectivity index (χ3v) is 5.87. The Morgan fingerprint density at radius 1 is 1.06 bits per heavy atom. The zero-order valence-corrected chi connectivity index (χ0v) is 17.9. The van der Waals surface area contributed by atoms with E-state index in [1.54, 1.807) is 18.2 Å². The molecule has 0 bridgehead atoms. The Morgan fingerprint density at radius 3 is 2.45 bits per heavy atom. The van der Waals surface area contributed by atoms with Crippen LogP contribution in [0.2, 0.25) is 0 Å². The molecule has 1 heterocycles. The van der Waals surface area contributed by atoms with Crippen molar-refractivity contribution < 1.29 is 14.0 Å². The summed E-state index contributed by atoms with van der Waals surface area (Å²) in [6, 6.07) is 8.16. The van der Waals surface area contributed by atoms with Crippen LogP contribution < -0.4 is 21.3 Å². The number of benzene rings is 2. The van der Waals surface area contributed by atoms with Crippen molar-refractivity contribution in [3.8, 4) is 0 Å². The highest BCUT2D eigenvalue weighted by molar-refractivity contribution is 6.09. The van der Waals surface area contributed by atoms with Crippen molar-refractivity contribution in [2.24, 2.45) is 0 Å². The van der Waals surface area contributed by atoms with Gasteiger partial charge in [0.1, 0.15) is 5.82 Å². The number of anilines is 3.